The van der Waals surface area contributed by atoms with Gasteiger partial charge in [-0.15, -0.1) is 11.3 Å². The fourth-order valence-corrected chi connectivity index (χ4v) is 3.00. The molecule has 0 aliphatic heterocycles. The van der Waals surface area contributed by atoms with Gasteiger partial charge in [-0.05, 0) is 35.9 Å². The quantitative estimate of drug-likeness (QED) is 0.596. The number of rotatable bonds is 8. The Labute approximate surface area is 134 Å². The monoisotopic (exact) mass is 322 g/mol. The summed E-state index contributed by atoms with van der Waals surface area (Å²) in [5, 5.41) is 10.2. The number of thiophene rings is 1. The van der Waals surface area contributed by atoms with E-state index in [4.69, 9.17) is 14.6 Å². The number of ketones is 1. The second kappa shape index (κ2) is 7.83. The van der Waals surface area contributed by atoms with Gasteiger partial charge >= 0.3 is 0 Å². The molecule has 0 aliphatic carbocycles. The lowest BCUT2D eigenvalue weighted by molar-refractivity contribution is -0.129. The van der Waals surface area contributed by atoms with Gasteiger partial charge in [0.1, 0.15) is 6.61 Å². The number of hydrogen-bond acceptors (Lipinski definition) is 5. The highest BCUT2D eigenvalue weighted by atomic mass is 32.1. The molecule has 1 aromatic carbocycles. The Balaban J connectivity index is 1.95. The smallest absolute Gasteiger partial charge is 0.198 e. The number of aliphatic hydroxyl groups is 1. The van der Waals surface area contributed by atoms with Gasteiger partial charge in [-0.1, -0.05) is 26.0 Å². The van der Waals surface area contributed by atoms with Gasteiger partial charge in [-0.25, -0.2) is 0 Å². The first kappa shape index (κ1) is 17.1. The third kappa shape index (κ3) is 4.61. The van der Waals surface area contributed by atoms with E-state index in [1.165, 1.54) is 11.3 Å². The van der Waals surface area contributed by atoms with Gasteiger partial charge in [-0.2, -0.15) is 0 Å². The minimum absolute atomic E-state index is 0.00490. The second-order valence-corrected chi connectivity index (χ2v) is 6.75. The number of fused-ring (bicyclic) bond motifs is 1. The Bertz CT molecular complexity index is 633. The highest BCUT2D eigenvalue weighted by Crippen LogP contribution is 2.27. The molecule has 1 heterocycles. The molecule has 0 fully saturated rings. The third-order valence-electron chi connectivity index (χ3n) is 3.16. The average molecular weight is 322 g/mol. The van der Waals surface area contributed by atoms with Crippen LogP contribution in [0.15, 0.2) is 24.3 Å². The molecule has 0 bridgehead atoms. The molecular formula is C17H22O4S. The van der Waals surface area contributed by atoms with Crippen LogP contribution in [0.1, 0.15) is 36.0 Å². The first-order valence-corrected chi connectivity index (χ1v) is 8.21. The summed E-state index contributed by atoms with van der Waals surface area (Å²) >= 11 is 1.42. The maximum Gasteiger partial charge on any atom is 0.198 e. The number of Topliss-reactive ketones (excluding diaryl/α,β-unsaturated/α-hetero) is 1. The highest BCUT2D eigenvalue weighted by molar-refractivity contribution is 7.20. The van der Waals surface area contributed by atoms with Crippen LogP contribution in [-0.2, 0) is 16.1 Å². The van der Waals surface area contributed by atoms with Crippen molar-refractivity contribution < 1.29 is 19.4 Å². The molecule has 2 aromatic rings. The van der Waals surface area contributed by atoms with Gasteiger partial charge in [0, 0.05) is 4.70 Å². The molecule has 1 atom stereocenters. The number of aliphatic hydroxyl groups excluding tert-OH is 1. The Morgan fingerprint density at radius 2 is 2.00 bits per heavy atom. The zero-order valence-corrected chi connectivity index (χ0v) is 14.0. The van der Waals surface area contributed by atoms with Gasteiger partial charge in [0.2, 0.25) is 0 Å². The van der Waals surface area contributed by atoms with Crippen LogP contribution < -0.4 is 0 Å². The van der Waals surface area contributed by atoms with Crippen molar-refractivity contribution in [3.05, 3.63) is 34.7 Å². The van der Waals surface area contributed by atoms with E-state index in [9.17, 15) is 4.79 Å². The van der Waals surface area contributed by atoms with Gasteiger partial charge in [-0.3, -0.25) is 4.79 Å². The summed E-state index contributed by atoms with van der Waals surface area (Å²) in [6, 6.07) is 7.56. The molecule has 2 rings (SSSR count). The summed E-state index contributed by atoms with van der Waals surface area (Å²) in [5.74, 6) is 0.386. The zero-order chi connectivity index (χ0) is 16.1. The molecule has 1 aromatic heterocycles. The van der Waals surface area contributed by atoms with Crippen LogP contribution in [0.5, 0.6) is 0 Å². The molecule has 120 valence electrons. The van der Waals surface area contributed by atoms with Crippen molar-refractivity contribution in [1.29, 1.82) is 0 Å². The van der Waals surface area contributed by atoms with Gasteiger partial charge in [0.15, 0.2) is 12.1 Å². The number of hydrogen-bond donors (Lipinski definition) is 1. The number of carbonyl (C=O) groups excluding carboxylic acids is 1. The maximum absolute atomic E-state index is 12.2. The van der Waals surface area contributed by atoms with Crippen LogP contribution >= 0.6 is 11.3 Å². The molecule has 0 amide bonds. The van der Waals surface area contributed by atoms with E-state index in [0.29, 0.717) is 17.4 Å². The Morgan fingerprint density at radius 3 is 2.68 bits per heavy atom. The van der Waals surface area contributed by atoms with Crippen molar-refractivity contribution in [2.24, 2.45) is 5.92 Å². The van der Waals surface area contributed by atoms with E-state index in [-0.39, 0.29) is 25.3 Å². The van der Waals surface area contributed by atoms with Crippen molar-refractivity contribution >= 4 is 27.2 Å². The minimum Gasteiger partial charge on any atom is -0.392 e. The van der Waals surface area contributed by atoms with Crippen LogP contribution in [-0.4, -0.2) is 30.4 Å². The van der Waals surface area contributed by atoms with Crippen LogP contribution in [0.25, 0.3) is 10.1 Å². The van der Waals surface area contributed by atoms with Crippen molar-refractivity contribution in [2.75, 3.05) is 13.2 Å². The maximum atomic E-state index is 12.2. The van der Waals surface area contributed by atoms with E-state index in [0.717, 1.165) is 15.6 Å². The number of carbonyl (C=O) groups is 1. The van der Waals surface area contributed by atoms with E-state index in [1.54, 1.807) is 6.92 Å². The van der Waals surface area contributed by atoms with Crippen LogP contribution in [0, 0.1) is 5.92 Å². The van der Waals surface area contributed by atoms with Crippen molar-refractivity contribution in [3.8, 4) is 0 Å². The van der Waals surface area contributed by atoms with Gasteiger partial charge < -0.3 is 14.6 Å². The van der Waals surface area contributed by atoms with E-state index in [1.807, 2.05) is 24.3 Å². The molecule has 1 N–H and O–H groups in total. The zero-order valence-electron chi connectivity index (χ0n) is 13.2. The molecule has 0 saturated heterocycles. The predicted octanol–water partition coefficient (Wildman–Crippen LogP) is 3.61. The van der Waals surface area contributed by atoms with Crippen LogP contribution in [0.3, 0.4) is 0 Å². The molecule has 1 unspecified atom stereocenters. The van der Waals surface area contributed by atoms with Gasteiger partial charge in [0.05, 0.1) is 18.1 Å². The van der Waals surface area contributed by atoms with Crippen molar-refractivity contribution in [2.45, 2.75) is 33.7 Å². The van der Waals surface area contributed by atoms with Gasteiger partial charge in [0.25, 0.3) is 0 Å². The molecule has 0 radical (unpaired) electrons. The SMILES string of the molecule is CC(C)COC(C)OCC(=O)c1cc2ccc(CO)cc2s1. The molecule has 0 spiro atoms. The summed E-state index contributed by atoms with van der Waals surface area (Å²) in [5.41, 5.74) is 0.848. The van der Waals surface area contributed by atoms with E-state index >= 15 is 0 Å². The van der Waals surface area contributed by atoms with Crippen molar-refractivity contribution in [1.82, 2.24) is 0 Å². The standard InChI is InChI=1S/C17H22O4S/c1-11(2)9-20-12(3)21-10-15(19)17-7-14-5-4-13(8-18)6-16(14)22-17/h4-7,11-12,18H,8-10H2,1-3H3. The minimum atomic E-state index is -0.387. The van der Waals surface area contributed by atoms with E-state index < -0.39 is 0 Å². The Kier molecular flexibility index (Phi) is 6.08. The molecular weight excluding hydrogens is 300 g/mol. The summed E-state index contributed by atoms with van der Waals surface area (Å²) in [4.78, 5) is 12.9. The fourth-order valence-electron chi connectivity index (χ4n) is 1.95. The number of benzene rings is 1. The summed E-state index contributed by atoms with van der Waals surface area (Å²) in [6.07, 6.45) is -0.387. The molecule has 4 nitrogen and oxygen atoms in total. The first-order chi connectivity index (χ1) is 10.5. The molecule has 5 heteroatoms. The highest BCUT2D eigenvalue weighted by Gasteiger charge is 2.13. The van der Waals surface area contributed by atoms with Crippen molar-refractivity contribution in [3.63, 3.8) is 0 Å². The summed E-state index contributed by atoms with van der Waals surface area (Å²) in [7, 11) is 0. The topological polar surface area (TPSA) is 55.8 Å². The average Bonchev–Trinajstić information content (AvgIpc) is 2.93. The molecule has 22 heavy (non-hydrogen) atoms. The fraction of sp³-hybridized carbons (Fsp3) is 0.471. The summed E-state index contributed by atoms with van der Waals surface area (Å²) in [6.45, 7) is 6.56. The lowest BCUT2D eigenvalue weighted by Crippen LogP contribution is -2.20. The predicted molar refractivity (Wildman–Crippen MR) is 88.3 cm³/mol. The van der Waals surface area contributed by atoms with Crippen LogP contribution in [0.4, 0.5) is 0 Å². The van der Waals surface area contributed by atoms with Crippen LogP contribution in [0.2, 0.25) is 0 Å². The largest absolute Gasteiger partial charge is 0.392 e. The number of ether oxygens (including phenoxy) is 2. The first-order valence-electron chi connectivity index (χ1n) is 7.39. The summed E-state index contributed by atoms with van der Waals surface area (Å²) < 4.78 is 11.9. The Hall–Kier alpha value is -1.27. The second-order valence-electron chi connectivity index (χ2n) is 5.67. The molecule has 0 saturated carbocycles. The third-order valence-corrected chi connectivity index (χ3v) is 4.29. The normalized spacial score (nSPS) is 13.0. The van der Waals surface area contributed by atoms with E-state index in [2.05, 4.69) is 13.8 Å². The lowest BCUT2D eigenvalue weighted by Gasteiger charge is -2.14. The Morgan fingerprint density at radius 1 is 1.23 bits per heavy atom. The molecule has 0 aliphatic rings. The lowest BCUT2D eigenvalue weighted by atomic mass is 10.2.